The lowest BCUT2D eigenvalue weighted by molar-refractivity contribution is 0.598. The monoisotopic (exact) mass is 326 g/mol. The summed E-state index contributed by atoms with van der Waals surface area (Å²) < 4.78 is 22.8. The zero-order valence-corrected chi connectivity index (χ0v) is 13.5. The minimum atomic E-state index is -3.78. The number of nitrogens with two attached hydrogens (primary N) is 2. The summed E-state index contributed by atoms with van der Waals surface area (Å²) in [6, 6.07) is 4.42. The molecule has 5 N–H and O–H groups in total. The summed E-state index contributed by atoms with van der Waals surface area (Å²) in [7, 11) is -3.78. The molecular formula is C13H18N4O2S2. The molecule has 21 heavy (non-hydrogen) atoms. The van der Waals surface area contributed by atoms with Gasteiger partial charge in [0, 0.05) is 22.4 Å². The van der Waals surface area contributed by atoms with Gasteiger partial charge in [0.1, 0.15) is 5.01 Å². The van der Waals surface area contributed by atoms with Crippen LogP contribution in [0.5, 0.6) is 0 Å². The van der Waals surface area contributed by atoms with Crippen molar-refractivity contribution in [3.05, 3.63) is 34.3 Å². The van der Waals surface area contributed by atoms with Crippen LogP contribution in [-0.2, 0) is 16.4 Å². The van der Waals surface area contributed by atoms with Crippen LogP contribution < -0.4 is 16.2 Å². The van der Waals surface area contributed by atoms with E-state index in [1.807, 2.05) is 13.1 Å². The molecule has 0 fully saturated rings. The van der Waals surface area contributed by atoms with Gasteiger partial charge in [-0.25, -0.2) is 18.5 Å². The molecule has 2 aromatic rings. The molecule has 1 unspecified atom stereocenters. The van der Waals surface area contributed by atoms with Gasteiger partial charge in [0.05, 0.1) is 10.9 Å². The van der Waals surface area contributed by atoms with Gasteiger partial charge in [0.15, 0.2) is 0 Å². The van der Waals surface area contributed by atoms with Crippen LogP contribution in [0.15, 0.2) is 29.3 Å². The maximum atomic E-state index is 11.4. The summed E-state index contributed by atoms with van der Waals surface area (Å²) in [6.07, 6.45) is 2.80. The highest BCUT2D eigenvalue weighted by molar-refractivity contribution is 7.89. The summed E-state index contributed by atoms with van der Waals surface area (Å²) in [4.78, 5) is 5.55. The van der Waals surface area contributed by atoms with Crippen LogP contribution in [0.4, 0.5) is 11.4 Å². The zero-order valence-electron chi connectivity index (χ0n) is 11.8. The van der Waals surface area contributed by atoms with E-state index in [4.69, 9.17) is 10.9 Å². The minimum absolute atomic E-state index is 0.00872. The lowest BCUT2D eigenvalue weighted by Gasteiger charge is -2.14. The molecule has 0 aliphatic rings. The first kappa shape index (κ1) is 15.7. The normalized spacial score (nSPS) is 13.1. The summed E-state index contributed by atoms with van der Waals surface area (Å²) in [5.74, 6) is 0. The van der Waals surface area contributed by atoms with Crippen LogP contribution in [-0.4, -0.2) is 13.4 Å². The Morgan fingerprint density at radius 3 is 2.67 bits per heavy atom. The molecule has 1 aromatic heterocycles. The molecule has 0 aliphatic carbocycles. The van der Waals surface area contributed by atoms with Crippen molar-refractivity contribution in [3.8, 4) is 0 Å². The van der Waals surface area contributed by atoms with E-state index >= 15 is 0 Å². The largest absolute Gasteiger partial charge is 0.399 e. The Bertz CT molecular complexity index is 740. The number of nitrogens with one attached hydrogen (secondary N) is 1. The molecule has 0 aliphatic heterocycles. The molecule has 0 radical (unpaired) electrons. The van der Waals surface area contributed by atoms with E-state index in [9.17, 15) is 8.42 Å². The zero-order chi connectivity index (χ0) is 15.6. The molecule has 0 saturated heterocycles. The number of sulfonamides is 1. The number of hydrogen-bond acceptors (Lipinski definition) is 6. The van der Waals surface area contributed by atoms with E-state index in [2.05, 4.69) is 17.2 Å². The quantitative estimate of drug-likeness (QED) is 0.729. The predicted molar refractivity (Wildman–Crippen MR) is 85.8 cm³/mol. The number of thiazole rings is 1. The van der Waals surface area contributed by atoms with Crippen LogP contribution >= 0.6 is 11.3 Å². The highest BCUT2D eigenvalue weighted by atomic mass is 32.2. The molecule has 114 valence electrons. The van der Waals surface area contributed by atoms with Crippen LogP contribution in [0.3, 0.4) is 0 Å². The SMILES string of the molecule is CCc1cnc(C(C)Nc2cc(N)cc(S(N)(=O)=O)c2)s1. The van der Waals surface area contributed by atoms with E-state index in [-0.39, 0.29) is 10.9 Å². The minimum Gasteiger partial charge on any atom is -0.399 e. The fourth-order valence-electron chi connectivity index (χ4n) is 1.87. The molecule has 1 heterocycles. The number of hydrogen-bond donors (Lipinski definition) is 3. The van der Waals surface area contributed by atoms with Gasteiger partial charge in [-0.3, -0.25) is 0 Å². The molecular weight excluding hydrogens is 308 g/mol. The number of aryl methyl sites for hydroxylation is 1. The maximum absolute atomic E-state index is 11.4. The first-order valence-corrected chi connectivity index (χ1v) is 8.80. The van der Waals surface area contributed by atoms with Gasteiger partial charge in [-0.1, -0.05) is 6.92 Å². The van der Waals surface area contributed by atoms with Crippen LogP contribution in [0, 0.1) is 0 Å². The third kappa shape index (κ3) is 3.93. The molecule has 1 aromatic carbocycles. The molecule has 6 nitrogen and oxygen atoms in total. The third-order valence-electron chi connectivity index (χ3n) is 2.93. The smallest absolute Gasteiger partial charge is 0.238 e. The average molecular weight is 326 g/mol. The van der Waals surface area contributed by atoms with Crippen molar-refractivity contribution in [2.75, 3.05) is 11.1 Å². The van der Waals surface area contributed by atoms with Crippen molar-refractivity contribution in [2.24, 2.45) is 5.14 Å². The van der Waals surface area contributed by atoms with Crippen molar-refractivity contribution >= 4 is 32.7 Å². The fourth-order valence-corrected chi connectivity index (χ4v) is 3.32. The molecule has 0 amide bonds. The second kappa shape index (κ2) is 6.00. The second-order valence-corrected chi connectivity index (χ2v) is 7.43. The van der Waals surface area contributed by atoms with Crippen molar-refractivity contribution in [1.29, 1.82) is 0 Å². The lowest BCUT2D eigenvalue weighted by atomic mass is 10.2. The number of benzene rings is 1. The van der Waals surface area contributed by atoms with Crippen LogP contribution in [0.2, 0.25) is 0 Å². The Kier molecular flexibility index (Phi) is 4.50. The summed E-state index contributed by atoms with van der Waals surface area (Å²) >= 11 is 1.63. The Morgan fingerprint density at radius 1 is 1.38 bits per heavy atom. The highest BCUT2D eigenvalue weighted by Gasteiger charge is 2.13. The van der Waals surface area contributed by atoms with Gasteiger partial charge in [0.2, 0.25) is 10.0 Å². The van der Waals surface area contributed by atoms with E-state index < -0.39 is 10.0 Å². The van der Waals surface area contributed by atoms with Crippen molar-refractivity contribution in [2.45, 2.75) is 31.2 Å². The Morgan fingerprint density at radius 2 is 2.10 bits per heavy atom. The fraction of sp³-hybridized carbons (Fsp3) is 0.308. The van der Waals surface area contributed by atoms with E-state index in [0.29, 0.717) is 11.4 Å². The summed E-state index contributed by atoms with van der Waals surface area (Å²) in [5.41, 5.74) is 6.66. The van der Waals surface area contributed by atoms with Gasteiger partial charge in [-0.05, 0) is 31.5 Å². The van der Waals surface area contributed by atoms with Gasteiger partial charge in [-0.2, -0.15) is 0 Å². The molecule has 0 bridgehead atoms. The van der Waals surface area contributed by atoms with Crippen LogP contribution in [0.25, 0.3) is 0 Å². The maximum Gasteiger partial charge on any atom is 0.238 e. The molecule has 0 spiro atoms. The Labute approximate surface area is 128 Å². The summed E-state index contributed by atoms with van der Waals surface area (Å²) in [6.45, 7) is 4.03. The number of anilines is 2. The molecule has 0 saturated carbocycles. The number of aromatic nitrogens is 1. The van der Waals surface area contributed by atoms with Gasteiger partial charge in [-0.15, -0.1) is 11.3 Å². The predicted octanol–water partition coefficient (Wildman–Crippen LogP) is 2.11. The van der Waals surface area contributed by atoms with E-state index in [1.165, 1.54) is 17.0 Å². The van der Waals surface area contributed by atoms with Crippen molar-refractivity contribution in [3.63, 3.8) is 0 Å². The number of primary sulfonamides is 1. The number of nitrogen functional groups attached to an aromatic ring is 1. The standard InChI is InChI=1S/C13H18N4O2S2/c1-3-11-7-16-13(20-11)8(2)17-10-4-9(14)5-12(6-10)21(15,18)19/h4-8,17H,3,14H2,1-2H3,(H2,15,18,19). The first-order chi connectivity index (χ1) is 9.79. The topological polar surface area (TPSA) is 111 Å². The lowest BCUT2D eigenvalue weighted by Crippen LogP contribution is -2.14. The molecule has 8 heteroatoms. The second-order valence-electron chi connectivity index (χ2n) is 4.72. The number of nitrogens with zero attached hydrogens (tertiary/aromatic N) is 1. The Balaban J connectivity index is 2.24. The summed E-state index contributed by atoms with van der Waals surface area (Å²) in [5, 5.41) is 9.27. The van der Waals surface area contributed by atoms with Crippen molar-refractivity contribution < 1.29 is 8.42 Å². The number of rotatable bonds is 5. The third-order valence-corrected chi connectivity index (χ3v) is 5.15. The van der Waals surface area contributed by atoms with Crippen molar-refractivity contribution in [1.82, 2.24) is 4.98 Å². The van der Waals surface area contributed by atoms with Gasteiger partial charge in [0.25, 0.3) is 0 Å². The van der Waals surface area contributed by atoms with Gasteiger partial charge >= 0.3 is 0 Å². The van der Waals surface area contributed by atoms with E-state index in [1.54, 1.807) is 17.4 Å². The molecule has 1 atom stereocenters. The average Bonchev–Trinajstić information content (AvgIpc) is 2.85. The molecule has 2 rings (SSSR count). The van der Waals surface area contributed by atoms with Gasteiger partial charge < -0.3 is 11.1 Å². The van der Waals surface area contributed by atoms with Crippen LogP contribution in [0.1, 0.15) is 29.8 Å². The van der Waals surface area contributed by atoms with E-state index in [0.717, 1.165) is 11.4 Å². The Hall–Kier alpha value is -1.64. The highest BCUT2D eigenvalue weighted by Crippen LogP contribution is 2.26. The first-order valence-electron chi connectivity index (χ1n) is 6.44.